The smallest absolute Gasteiger partial charge is 0.255 e. The standard InChI is InChI=1S/C15H23ClF2N2O/c1-11(2)8-19-9-12-7-13(16)3-4-14(12)20(5-6-21)10-15(17)18/h3-4,7,11,15,19,21H,5-6,8-10H2,1-2H3. The minimum atomic E-state index is -2.45. The van der Waals surface area contributed by atoms with Gasteiger partial charge >= 0.3 is 0 Å². The highest BCUT2D eigenvalue weighted by Gasteiger charge is 2.16. The number of rotatable bonds is 9. The molecule has 0 aromatic heterocycles. The summed E-state index contributed by atoms with van der Waals surface area (Å²) < 4.78 is 25.4. The van der Waals surface area contributed by atoms with Gasteiger partial charge in [-0.15, -0.1) is 0 Å². The van der Waals surface area contributed by atoms with Crippen molar-refractivity contribution in [2.45, 2.75) is 26.8 Å². The fourth-order valence-electron chi connectivity index (χ4n) is 2.10. The van der Waals surface area contributed by atoms with Crippen molar-refractivity contribution >= 4 is 17.3 Å². The molecule has 0 saturated carbocycles. The monoisotopic (exact) mass is 320 g/mol. The van der Waals surface area contributed by atoms with Gasteiger partial charge in [0.2, 0.25) is 0 Å². The van der Waals surface area contributed by atoms with Gasteiger partial charge in [0.25, 0.3) is 6.43 Å². The highest BCUT2D eigenvalue weighted by Crippen LogP contribution is 2.25. The molecule has 0 fully saturated rings. The first-order valence-corrected chi connectivity index (χ1v) is 7.45. The van der Waals surface area contributed by atoms with Crippen LogP contribution in [0.2, 0.25) is 5.02 Å². The van der Waals surface area contributed by atoms with E-state index in [1.807, 2.05) is 0 Å². The first kappa shape index (κ1) is 18.1. The summed E-state index contributed by atoms with van der Waals surface area (Å²) in [6, 6.07) is 5.19. The molecule has 0 saturated heterocycles. The number of alkyl halides is 2. The normalized spacial score (nSPS) is 11.4. The summed E-state index contributed by atoms with van der Waals surface area (Å²) >= 11 is 6.00. The predicted octanol–water partition coefficient (Wildman–Crippen LogP) is 3.15. The Labute approximate surface area is 129 Å². The molecule has 2 N–H and O–H groups in total. The number of anilines is 1. The van der Waals surface area contributed by atoms with Crippen LogP contribution in [0.5, 0.6) is 0 Å². The van der Waals surface area contributed by atoms with Crippen molar-refractivity contribution < 1.29 is 13.9 Å². The second-order valence-electron chi connectivity index (χ2n) is 5.36. The summed E-state index contributed by atoms with van der Waals surface area (Å²) in [6.07, 6.45) is -2.45. The topological polar surface area (TPSA) is 35.5 Å². The van der Waals surface area contributed by atoms with E-state index in [-0.39, 0.29) is 13.2 Å². The molecule has 0 amide bonds. The summed E-state index contributed by atoms with van der Waals surface area (Å²) in [6.45, 7) is 5.18. The Morgan fingerprint density at radius 2 is 2.05 bits per heavy atom. The van der Waals surface area contributed by atoms with Crippen molar-refractivity contribution in [1.29, 1.82) is 0 Å². The lowest BCUT2D eigenvalue weighted by atomic mass is 10.1. The number of hydrogen-bond acceptors (Lipinski definition) is 3. The maximum absolute atomic E-state index is 12.7. The van der Waals surface area contributed by atoms with Crippen molar-refractivity contribution in [2.24, 2.45) is 5.92 Å². The fourth-order valence-corrected chi connectivity index (χ4v) is 2.29. The van der Waals surface area contributed by atoms with Gasteiger partial charge in [0.1, 0.15) is 0 Å². The number of aliphatic hydroxyl groups excluding tert-OH is 1. The second-order valence-corrected chi connectivity index (χ2v) is 5.79. The molecule has 120 valence electrons. The zero-order chi connectivity index (χ0) is 15.8. The van der Waals surface area contributed by atoms with Crippen molar-refractivity contribution in [2.75, 3.05) is 31.1 Å². The number of aliphatic hydroxyl groups is 1. The van der Waals surface area contributed by atoms with E-state index in [0.717, 1.165) is 12.1 Å². The molecule has 0 radical (unpaired) electrons. The Balaban J connectivity index is 2.91. The average molecular weight is 321 g/mol. The summed E-state index contributed by atoms with van der Waals surface area (Å²) in [5.41, 5.74) is 1.54. The SMILES string of the molecule is CC(C)CNCc1cc(Cl)ccc1N(CCO)CC(F)F. The van der Waals surface area contributed by atoms with E-state index < -0.39 is 13.0 Å². The first-order valence-electron chi connectivity index (χ1n) is 7.07. The molecule has 0 aliphatic carbocycles. The molecule has 0 heterocycles. The average Bonchev–Trinajstić information content (AvgIpc) is 2.37. The van der Waals surface area contributed by atoms with E-state index in [9.17, 15) is 8.78 Å². The molecule has 0 atom stereocenters. The molecule has 1 aromatic carbocycles. The molecule has 3 nitrogen and oxygen atoms in total. The molecule has 0 aliphatic rings. The molecule has 1 rings (SSSR count). The van der Waals surface area contributed by atoms with E-state index in [1.165, 1.54) is 4.90 Å². The van der Waals surface area contributed by atoms with Gasteiger partial charge in [-0.1, -0.05) is 25.4 Å². The Bertz CT molecular complexity index is 430. The minimum Gasteiger partial charge on any atom is -0.395 e. The zero-order valence-electron chi connectivity index (χ0n) is 12.5. The van der Waals surface area contributed by atoms with Gasteiger partial charge in [-0.05, 0) is 36.2 Å². The fraction of sp³-hybridized carbons (Fsp3) is 0.600. The third-order valence-corrected chi connectivity index (χ3v) is 3.21. The van der Waals surface area contributed by atoms with Gasteiger partial charge in [0.05, 0.1) is 13.2 Å². The van der Waals surface area contributed by atoms with Crippen LogP contribution in [0, 0.1) is 5.92 Å². The van der Waals surface area contributed by atoms with Crippen LogP contribution in [0.4, 0.5) is 14.5 Å². The Hall–Kier alpha value is -0.910. The van der Waals surface area contributed by atoms with E-state index in [4.69, 9.17) is 16.7 Å². The Kier molecular flexibility index (Phi) is 7.93. The lowest BCUT2D eigenvalue weighted by Crippen LogP contribution is -2.33. The second kappa shape index (κ2) is 9.18. The lowest BCUT2D eigenvalue weighted by molar-refractivity contribution is 0.152. The van der Waals surface area contributed by atoms with E-state index in [1.54, 1.807) is 18.2 Å². The minimum absolute atomic E-state index is 0.170. The van der Waals surface area contributed by atoms with Gasteiger partial charge < -0.3 is 15.3 Å². The summed E-state index contributed by atoms with van der Waals surface area (Å²) in [7, 11) is 0. The van der Waals surface area contributed by atoms with Crippen molar-refractivity contribution in [1.82, 2.24) is 5.32 Å². The van der Waals surface area contributed by atoms with Gasteiger partial charge in [0, 0.05) is 23.8 Å². The summed E-state index contributed by atoms with van der Waals surface area (Å²) in [5.74, 6) is 0.502. The van der Waals surface area contributed by atoms with Crippen LogP contribution in [0.3, 0.4) is 0 Å². The highest BCUT2D eigenvalue weighted by atomic mass is 35.5. The molecule has 0 spiro atoms. The van der Waals surface area contributed by atoms with E-state index in [0.29, 0.717) is 23.2 Å². The maximum Gasteiger partial charge on any atom is 0.255 e. The highest BCUT2D eigenvalue weighted by molar-refractivity contribution is 6.30. The van der Waals surface area contributed by atoms with E-state index >= 15 is 0 Å². The number of nitrogens with zero attached hydrogens (tertiary/aromatic N) is 1. The molecular formula is C15H23ClF2N2O. The molecule has 0 unspecified atom stereocenters. The summed E-state index contributed by atoms with van der Waals surface area (Å²) in [4.78, 5) is 1.49. The molecule has 6 heteroatoms. The number of benzene rings is 1. The molecule has 1 aromatic rings. The predicted molar refractivity (Wildman–Crippen MR) is 83.3 cm³/mol. The largest absolute Gasteiger partial charge is 0.395 e. The third-order valence-electron chi connectivity index (χ3n) is 2.98. The molecule has 0 bridgehead atoms. The number of nitrogens with one attached hydrogen (secondary N) is 1. The molecule has 0 aliphatic heterocycles. The van der Waals surface area contributed by atoms with Gasteiger partial charge in [-0.2, -0.15) is 0 Å². The Morgan fingerprint density at radius 3 is 2.62 bits per heavy atom. The van der Waals surface area contributed by atoms with Crippen LogP contribution in [0.1, 0.15) is 19.4 Å². The van der Waals surface area contributed by atoms with Crippen molar-refractivity contribution in [3.05, 3.63) is 28.8 Å². The maximum atomic E-state index is 12.7. The van der Waals surface area contributed by atoms with Crippen LogP contribution >= 0.6 is 11.6 Å². The van der Waals surface area contributed by atoms with E-state index in [2.05, 4.69) is 19.2 Å². The lowest BCUT2D eigenvalue weighted by Gasteiger charge is -2.26. The zero-order valence-corrected chi connectivity index (χ0v) is 13.2. The van der Waals surface area contributed by atoms with Crippen LogP contribution in [0.25, 0.3) is 0 Å². The van der Waals surface area contributed by atoms with Crippen LogP contribution in [-0.2, 0) is 6.54 Å². The van der Waals surface area contributed by atoms with Crippen molar-refractivity contribution in [3.63, 3.8) is 0 Å². The quantitative estimate of drug-likeness (QED) is 0.733. The van der Waals surface area contributed by atoms with Crippen molar-refractivity contribution in [3.8, 4) is 0 Å². The molecule has 21 heavy (non-hydrogen) atoms. The van der Waals surface area contributed by atoms with Crippen LogP contribution in [0.15, 0.2) is 18.2 Å². The van der Waals surface area contributed by atoms with Crippen LogP contribution < -0.4 is 10.2 Å². The van der Waals surface area contributed by atoms with Crippen LogP contribution in [-0.4, -0.2) is 37.8 Å². The summed E-state index contributed by atoms with van der Waals surface area (Å²) in [5, 5.41) is 12.9. The van der Waals surface area contributed by atoms with Gasteiger partial charge in [0.15, 0.2) is 0 Å². The van der Waals surface area contributed by atoms with Gasteiger partial charge in [-0.25, -0.2) is 8.78 Å². The number of halogens is 3. The van der Waals surface area contributed by atoms with Gasteiger partial charge in [-0.3, -0.25) is 0 Å². The third kappa shape index (κ3) is 6.59. The number of hydrogen-bond donors (Lipinski definition) is 2. The first-order chi connectivity index (χ1) is 9.93. The molecular weight excluding hydrogens is 298 g/mol. The Morgan fingerprint density at radius 1 is 1.33 bits per heavy atom.